The van der Waals surface area contributed by atoms with Crippen LogP contribution < -0.4 is 11.3 Å². The molecule has 2 aromatic rings. The van der Waals surface area contributed by atoms with Gasteiger partial charge in [0, 0.05) is 16.7 Å². The number of nitrogens with one attached hydrogen (secondary N) is 1. The zero-order chi connectivity index (χ0) is 14.0. The van der Waals surface area contributed by atoms with Crippen molar-refractivity contribution >= 4 is 11.6 Å². The number of benzene rings is 2. The fraction of sp³-hybridized carbons (Fsp3) is 0.143. The van der Waals surface area contributed by atoms with E-state index >= 15 is 0 Å². The highest BCUT2D eigenvalue weighted by Crippen LogP contribution is 2.29. The van der Waals surface area contributed by atoms with Crippen LogP contribution in [0.4, 0.5) is 8.78 Å². The molecule has 0 aliphatic heterocycles. The Hall–Kier alpha value is -1.49. The number of nitrogens with two attached hydrogens (primary N) is 1. The Bertz CT molecular complexity index is 602. The highest BCUT2D eigenvalue weighted by Gasteiger charge is 2.19. The molecular formula is C14H13ClF2N2. The minimum Gasteiger partial charge on any atom is -0.271 e. The first-order chi connectivity index (χ1) is 9.04. The van der Waals surface area contributed by atoms with Crippen LogP contribution in [-0.4, -0.2) is 0 Å². The van der Waals surface area contributed by atoms with Crippen molar-refractivity contribution in [2.24, 2.45) is 5.84 Å². The average Bonchev–Trinajstić information content (AvgIpc) is 2.37. The molecule has 0 saturated heterocycles. The van der Waals surface area contributed by atoms with Gasteiger partial charge in [-0.2, -0.15) is 0 Å². The Morgan fingerprint density at radius 1 is 1.16 bits per heavy atom. The van der Waals surface area contributed by atoms with E-state index in [4.69, 9.17) is 17.4 Å². The summed E-state index contributed by atoms with van der Waals surface area (Å²) in [7, 11) is 0. The Kier molecular flexibility index (Phi) is 4.14. The van der Waals surface area contributed by atoms with Crippen LogP contribution in [0.15, 0.2) is 36.4 Å². The summed E-state index contributed by atoms with van der Waals surface area (Å²) >= 11 is 6.05. The SMILES string of the molecule is Cc1c(Cl)cccc1C(NN)c1ccc(F)cc1F. The molecule has 1 atom stereocenters. The van der Waals surface area contributed by atoms with Gasteiger partial charge in [0.15, 0.2) is 0 Å². The second-order valence-corrected chi connectivity index (χ2v) is 4.63. The van der Waals surface area contributed by atoms with Crippen LogP contribution in [0.2, 0.25) is 5.02 Å². The lowest BCUT2D eigenvalue weighted by Crippen LogP contribution is -2.30. The quantitative estimate of drug-likeness (QED) is 0.668. The maximum absolute atomic E-state index is 13.8. The van der Waals surface area contributed by atoms with Gasteiger partial charge >= 0.3 is 0 Å². The molecular weight excluding hydrogens is 270 g/mol. The normalized spacial score (nSPS) is 12.5. The molecule has 5 heteroatoms. The summed E-state index contributed by atoms with van der Waals surface area (Å²) < 4.78 is 26.8. The molecule has 0 aliphatic carbocycles. The van der Waals surface area contributed by atoms with Crippen LogP contribution in [-0.2, 0) is 0 Å². The first kappa shape index (κ1) is 13.9. The molecule has 0 radical (unpaired) electrons. The molecule has 0 fully saturated rings. The summed E-state index contributed by atoms with van der Waals surface area (Å²) in [5, 5.41) is 0.570. The van der Waals surface area contributed by atoms with E-state index in [-0.39, 0.29) is 5.56 Å². The van der Waals surface area contributed by atoms with Crippen LogP contribution in [0.3, 0.4) is 0 Å². The summed E-state index contributed by atoms with van der Waals surface area (Å²) in [6.07, 6.45) is 0. The van der Waals surface area contributed by atoms with Crippen LogP contribution in [0.1, 0.15) is 22.7 Å². The third-order valence-electron chi connectivity index (χ3n) is 3.06. The molecule has 0 spiro atoms. The van der Waals surface area contributed by atoms with Gasteiger partial charge in [-0.15, -0.1) is 0 Å². The topological polar surface area (TPSA) is 38.0 Å². The fourth-order valence-electron chi connectivity index (χ4n) is 2.02. The molecule has 0 bridgehead atoms. The molecule has 2 aromatic carbocycles. The summed E-state index contributed by atoms with van der Waals surface area (Å²) in [4.78, 5) is 0. The lowest BCUT2D eigenvalue weighted by Gasteiger charge is -2.20. The third kappa shape index (κ3) is 2.76. The zero-order valence-corrected chi connectivity index (χ0v) is 11.0. The van der Waals surface area contributed by atoms with E-state index in [0.29, 0.717) is 5.02 Å². The van der Waals surface area contributed by atoms with E-state index in [1.165, 1.54) is 12.1 Å². The van der Waals surface area contributed by atoms with E-state index in [1.54, 1.807) is 18.2 Å². The Labute approximate surface area is 115 Å². The van der Waals surface area contributed by atoms with Gasteiger partial charge in [-0.3, -0.25) is 5.84 Å². The second-order valence-electron chi connectivity index (χ2n) is 4.22. The van der Waals surface area contributed by atoms with Gasteiger partial charge in [-0.25, -0.2) is 14.2 Å². The molecule has 0 saturated carbocycles. The number of hydrogen-bond donors (Lipinski definition) is 2. The van der Waals surface area contributed by atoms with Crippen molar-refractivity contribution in [2.45, 2.75) is 13.0 Å². The molecule has 2 rings (SSSR count). The van der Waals surface area contributed by atoms with Crippen molar-refractivity contribution < 1.29 is 8.78 Å². The van der Waals surface area contributed by atoms with E-state index in [9.17, 15) is 8.78 Å². The molecule has 0 aliphatic rings. The first-order valence-electron chi connectivity index (χ1n) is 5.70. The van der Waals surface area contributed by atoms with E-state index in [0.717, 1.165) is 17.2 Å². The van der Waals surface area contributed by atoms with Gasteiger partial charge in [0.05, 0.1) is 6.04 Å². The van der Waals surface area contributed by atoms with Gasteiger partial charge in [0.1, 0.15) is 11.6 Å². The highest BCUT2D eigenvalue weighted by molar-refractivity contribution is 6.31. The summed E-state index contributed by atoms with van der Waals surface area (Å²) in [6.45, 7) is 1.82. The Morgan fingerprint density at radius 2 is 1.89 bits per heavy atom. The number of halogens is 3. The van der Waals surface area contributed by atoms with Gasteiger partial charge in [0.2, 0.25) is 0 Å². The van der Waals surface area contributed by atoms with Crippen LogP contribution in [0.25, 0.3) is 0 Å². The van der Waals surface area contributed by atoms with Crippen molar-refractivity contribution in [2.75, 3.05) is 0 Å². The molecule has 0 amide bonds. The van der Waals surface area contributed by atoms with Crippen LogP contribution in [0.5, 0.6) is 0 Å². The number of hydrogen-bond acceptors (Lipinski definition) is 2. The fourth-order valence-corrected chi connectivity index (χ4v) is 2.20. The van der Waals surface area contributed by atoms with Crippen molar-refractivity contribution in [3.8, 4) is 0 Å². The van der Waals surface area contributed by atoms with Crippen molar-refractivity contribution in [3.05, 3.63) is 69.7 Å². The zero-order valence-electron chi connectivity index (χ0n) is 10.3. The van der Waals surface area contributed by atoms with Gasteiger partial charge in [0.25, 0.3) is 0 Å². The molecule has 1 unspecified atom stereocenters. The molecule has 2 nitrogen and oxygen atoms in total. The van der Waals surface area contributed by atoms with E-state index in [2.05, 4.69) is 5.43 Å². The predicted octanol–water partition coefficient (Wildman–Crippen LogP) is 3.48. The Balaban J connectivity index is 2.53. The van der Waals surface area contributed by atoms with Gasteiger partial charge < -0.3 is 0 Å². The van der Waals surface area contributed by atoms with E-state index in [1.807, 2.05) is 6.92 Å². The van der Waals surface area contributed by atoms with Crippen LogP contribution in [0, 0.1) is 18.6 Å². The van der Waals surface area contributed by atoms with Crippen LogP contribution >= 0.6 is 11.6 Å². The number of hydrazine groups is 1. The largest absolute Gasteiger partial charge is 0.271 e. The Morgan fingerprint density at radius 3 is 2.53 bits per heavy atom. The summed E-state index contributed by atoms with van der Waals surface area (Å²) in [6, 6.07) is 8.12. The minimum absolute atomic E-state index is 0.272. The molecule has 19 heavy (non-hydrogen) atoms. The minimum atomic E-state index is -0.651. The average molecular weight is 283 g/mol. The third-order valence-corrected chi connectivity index (χ3v) is 3.47. The highest BCUT2D eigenvalue weighted by atomic mass is 35.5. The number of rotatable bonds is 3. The standard InChI is InChI=1S/C14H13ClF2N2/c1-8-10(3-2-4-12(8)15)14(19-18)11-6-5-9(16)7-13(11)17/h2-7,14,19H,18H2,1H3. The molecule has 3 N–H and O–H groups in total. The maximum Gasteiger partial charge on any atom is 0.131 e. The lowest BCUT2D eigenvalue weighted by molar-refractivity contribution is 0.540. The second kappa shape index (κ2) is 5.65. The smallest absolute Gasteiger partial charge is 0.131 e. The van der Waals surface area contributed by atoms with Crippen molar-refractivity contribution in [3.63, 3.8) is 0 Å². The maximum atomic E-state index is 13.8. The lowest BCUT2D eigenvalue weighted by atomic mass is 9.95. The van der Waals surface area contributed by atoms with Crippen molar-refractivity contribution in [1.82, 2.24) is 5.43 Å². The van der Waals surface area contributed by atoms with Gasteiger partial charge in [-0.05, 0) is 30.2 Å². The molecule has 0 aromatic heterocycles. The van der Waals surface area contributed by atoms with Gasteiger partial charge in [-0.1, -0.05) is 29.8 Å². The van der Waals surface area contributed by atoms with Crippen molar-refractivity contribution in [1.29, 1.82) is 0 Å². The first-order valence-corrected chi connectivity index (χ1v) is 6.08. The summed E-state index contributed by atoms with van der Waals surface area (Å²) in [5.74, 6) is 4.23. The molecule has 100 valence electrons. The predicted molar refractivity (Wildman–Crippen MR) is 71.7 cm³/mol. The summed E-state index contributed by atoms with van der Waals surface area (Å²) in [5.41, 5.74) is 4.37. The molecule has 0 heterocycles. The van der Waals surface area contributed by atoms with E-state index < -0.39 is 17.7 Å². The monoisotopic (exact) mass is 282 g/mol.